The Kier molecular flexibility index (Phi) is 48.1. The quantitative estimate of drug-likeness (QED) is 0.0456. The molecular formula is C42H75Na2O9P. The molecule has 1 atom stereocenters. The van der Waals surface area contributed by atoms with E-state index in [-0.39, 0.29) is 90.9 Å². The maximum atomic E-state index is 12.1. The molecule has 0 aliphatic heterocycles. The van der Waals surface area contributed by atoms with Crippen molar-refractivity contribution in [1.82, 2.24) is 0 Å². The third-order valence-electron chi connectivity index (χ3n) is 9.13. The molecule has 1 aromatic rings. The molecule has 54 heavy (non-hydrogen) atoms. The fraction of sp³-hybridized carbons (Fsp3) is 0.810. The fourth-order valence-corrected chi connectivity index (χ4v) is 6.24. The summed E-state index contributed by atoms with van der Waals surface area (Å²) in [6, 6.07) is 8.61. The van der Waals surface area contributed by atoms with Crippen LogP contribution in [-0.4, -0.2) is 36.4 Å². The van der Waals surface area contributed by atoms with Crippen molar-refractivity contribution in [2.75, 3.05) is 13.2 Å². The predicted octanol–water partition coefficient (Wildman–Crippen LogP) is 4.44. The van der Waals surface area contributed by atoms with Crippen LogP contribution in [0.5, 0.6) is 0 Å². The number of benzene rings is 1. The summed E-state index contributed by atoms with van der Waals surface area (Å²) in [4.78, 5) is 44.2. The number of phosphoric ester groups is 1. The molecule has 0 heterocycles. The van der Waals surface area contributed by atoms with E-state index in [1.54, 1.807) is 30.3 Å². The molecule has 0 amide bonds. The van der Waals surface area contributed by atoms with Gasteiger partial charge in [-0.25, -0.2) is 0 Å². The molecule has 0 saturated carbocycles. The average Bonchev–Trinajstić information content (AvgIpc) is 3.13. The fourth-order valence-electron chi connectivity index (χ4n) is 5.93. The van der Waals surface area contributed by atoms with E-state index in [2.05, 4.69) is 18.4 Å². The predicted molar refractivity (Wildman–Crippen MR) is 207 cm³/mol. The summed E-state index contributed by atoms with van der Waals surface area (Å²) < 4.78 is 24.7. The molecule has 0 aliphatic carbocycles. The molecule has 0 fully saturated rings. The summed E-state index contributed by atoms with van der Waals surface area (Å²) in [7, 11) is -4.83. The van der Waals surface area contributed by atoms with E-state index in [9.17, 15) is 29.0 Å². The monoisotopic (exact) mass is 800 g/mol. The van der Waals surface area contributed by atoms with Crippen LogP contribution in [0.25, 0.3) is 0 Å². The zero-order valence-electron chi connectivity index (χ0n) is 35.0. The molecule has 0 spiro atoms. The normalized spacial score (nSPS) is 11.4. The zero-order chi connectivity index (χ0) is 38.4. The van der Waals surface area contributed by atoms with Crippen molar-refractivity contribution in [3.8, 4) is 0 Å². The van der Waals surface area contributed by atoms with E-state index in [0.29, 0.717) is 18.4 Å². The number of hydrogen-bond acceptors (Lipinski definition) is 9. The Labute approximate surface area is 374 Å². The summed E-state index contributed by atoms with van der Waals surface area (Å²) in [6.07, 6.45) is 32.9. The topological polar surface area (TPSA) is 145 Å². The summed E-state index contributed by atoms with van der Waals surface area (Å²) in [5, 5.41) is 9.50. The number of esters is 2. The van der Waals surface area contributed by atoms with Gasteiger partial charge in [0.25, 0.3) is 0 Å². The van der Waals surface area contributed by atoms with Crippen LogP contribution in [0.1, 0.15) is 199 Å². The third kappa shape index (κ3) is 44.9. The van der Waals surface area contributed by atoms with Crippen molar-refractivity contribution in [2.24, 2.45) is 0 Å². The van der Waals surface area contributed by atoms with Gasteiger partial charge in [-0.1, -0.05) is 198 Å². The van der Waals surface area contributed by atoms with Crippen molar-refractivity contribution in [3.05, 3.63) is 35.9 Å². The van der Waals surface area contributed by atoms with Crippen LogP contribution in [0, 0.1) is 0 Å². The second-order valence-corrected chi connectivity index (χ2v) is 15.3. The van der Waals surface area contributed by atoms with Gasteiger partial charge in [0.15, 0.2) is 6.10 Å². The van der Waals surface area contributed by atoms with Gasteiger partial charge in [-0.15, -0.1) is 0 Å². The number of hydrogen-bond donors (Lipinski definition) is 1. The van der Waals surface area contributed by atoms with Gasteiger partial charge in [-0.3, -0.25) is 9.59 Å². The number of aliphatic hydroxyl groups is 1. The van der Waals surface area contributed by atoms with E-state index in [0.717, 1.165) is 32.1 Å². The van der Waals surface area contributed by atoms with Crippen LogP contribution >= 0.6 is 7.82 Å². The van der Waals surface area contributed by atoms with Crippen LogP contribution in [0.2, 0.25) is 0 Å². The Morgan fingerprint density at radius 2 is 0.944 bits per heavy atom. The number of unbranched alkanes of at least 4 members (excludes halogenated alkanes) is 24. The SMILES string of the molecule is CCCCCCCCCCCCCCCC(=O)OCC(CO)OC(=O)CCCCCCCCCCCCCCC.O=P([O-])([O-])OCc1ccccc1.[Na+].[Na+]. The van der Waals surface area contributed by atoms with Gasteiger partial charge in [-0.05, 0) is 18.4 Å². The van der Waals surface area contributed by atoms with Crippen LogP contribution in [-0.2, 0) is 34.8 Å². The van der Waals surface area contributed by atoms with E-state index in [1.165, 1.54) is 135 Å². The molecular weight excluding hydrogens is 725 g/mol. The van der Waals surface area contributed by atoms with Crippen LogP contribution in [0.15, 0.2) is 30.3 Å². The van der Waals surface area contributed by atoms with E-state index >= 15 is 0 Å². The molecule has 9 nitrogen and oxygen atoms in total. The van der Waals surface area contributed by atoms with Crippen molar-refractivity contribution in [2.45, 2.75) is 206 Å². The second kappa shape index (κ2) is 44.3. The first-order valence-corrected chi connectivity index (χ1v) is 22.3. The van der Waals surface area contributed by atoms with E-state index in [1.807, 2.05) is 0 Å². The van der Waals surface area contributed by atoms with Gasteiger partial charge in [0, 0.05) is 12.8 Å². The molecule has 1 unspecified atom stereocenters. The Hall–Kier alpha value is 0.230. The number of carbonyl (C=O) groups excluding carboxylic acids is 2. The molecule has 1 rings (SSSR count). The first-order valence-electron chi connectivity index (χ1n) is 20.9. The number of carbonyl (C=O) groups is 2. The Bertz CT molecular complexity index is 982. The van der Waals surface area contributed by atoms with Gasteiger partial charge in [0.05, 0.1) is 21.0 Å². The molecule has 0 saturated heterocycles. The van der Waals surface area contributed by atoms with Gasteiger partial charge in [0.1, 0.15) is 6.61 Å². The third-order valence-corrected chi connectivity index (χ3v) is 9.58. The maximum Gasteiger partial charge on any atom is 1.00 e. The first kappa shape index (κ1) is 58.5. The molecule has 0 radical (unpaired) electrons. The Balaban J connectivity index is -0.00000157. The minimum atomic E-state index is -4.83. The first-order chi connectivity index (χ1) is 25.2. The summed E-state index contributed by atoms with van der Waals surface area (Å²) in [5.74, 6) is -0.580. The van der Waals surface area contributed by atoms with Crippen molar-refractivity contribution in [3.63, 3.8) is 0 Å². The molecule has 12 heteroatoms. The number of aliphatic hydroxyl groups excluding tert-OH is 1. The molecule has 1 aromatic carbocycles. The van der Waals surface area contributed by atoms with Crippen molar-refractivity contribution < 1.29 is 102 Å². The van der Waals surface area contributed by atoms with Gasteiger partial charge >= 0.3 is 71.1 Å². The van der Waals surface area contributed by atoms with Gasteiger partial charge in [-0.2, -0.15) is 0 Å². The smallest absolute Gasteiger partial charge is 0.790 e. The van der Waals surface area contributed by atoms with Gasteiger partial charge < -0.3 is 33.5 Å². The van der Waals surface area contributed by atoms with Gasteiger partial charge in [0.2, 0.25) is 0 Å². The largest absolute Gasteiger partial charge is 1.00 e. The summed E-state index contributed by atoms with van der Waals surface area (Å²) in [6.45, 7) is 3.95. The zero-order valence-corrected chi connectivity index (χ0v) is 39.9. The summed E-state index contributed by atoms with van der Waals surface area (Å²) in [5.41, 5.74) is 0.657. The van der Waals surface area contributed by atoms with Crippen LogP contribution in [0.4, 0.5) is 0 Å². The Morgan fingerprint density at radius 1 is 0.593 bits per heavy atom. The maximum absolute atomic E-state index is 12.1. The van der Waals surface area contributed by atoms with E-state index < -0.39 is 13.9 Å². The average molecular weight is 801 g/mol. The molecule has 304 valence electrons. The molecule has 0 aliphatic rings. The minimum Gasteiger partial charge on any atom is -0.790 e. The number of ether oxygens (including phenoxy) is 2. The second-order valence-electron chi connectivity index (χ2n) is 14.2. The molecule has 0 bridgehead atoms. The van der Waals surface area contributed by atoms with Crippen molar-refractivity contribution in [1.29, 1.82) is 0 Å². The van der Waals surface area contributed by atoms with Crippen LogP contribution < -0.4 is 68.9 Å². The minimum absolute atomic E-state index is 0. The summed E-state index contributed by atoms with van der Waals surface area (Å²) >= 11 is 0. The Morgan fingerprint density at radius 3 is 1.30 bits per heavy atom. The van der Waals surface area contributed by atoms with Crippen molar-refractivity contribution >= 4 is 19.8 Å². The molecule has 1 N–H and O–H groups in total. The number of phosphoric acid groups is 1. The molecule has 0 aromatic heterocycles. The number of rotatable bonds is 35. The van der Waals surface area contributed by atoms with Crippen LogP contribution in [0.3, 0.4) is 0 Å². The standard InChI is InChI=1S/C35H68O5.C7H9O4P.2Na/c1-3-5-7-9-11-13-15-17-19-21-23-25-27-29-34(37)39-32-33(31-36)40-35(38)30-28-26-24-22-20-18-16-14-12-10-8-6-4-2;8-12(9,10)11-6-7-4-2-1-3-5-7;;/h33,36H,3-32H2,1-2H3;1-5H,6H2,(H2,8,9,10);;/q;;2*+1/p-2. The van der Waals surface area contributed by atoms with E-state index in [4.69, 9.17) is 9.47 Å².